The largest absolute Gasteiger partial charge is 0.447 e. The molecule has 0 bridgehead atoms. The first-order chi connectivity index (χ1) is 13.4. The van der Waals surface area contributed by atoms with E-state index in [1.807, 2.05) is 6.07 Å². The Morgan fingerprint density at radius 2 is 2.07 bits per heavy atom. The van der Waals surface area contributed by atoms with Gasteiger partial charge < -0.3 is 15.8 Å². The number of carbonyl (C=O) groups excluding carboxylic acids is 2. The highest BCUT2D eigenvalue weighted by Gasteiger charge is 2.36. The van der Waals surface area contributed by atoms with E-state index in [9.17, 15) is 9.59 Å². The number of nitrogens with zero attached hydrogens (tertiary/aromatic N) is 3. The van der Waals surface area contributed by atoms with E-state index in [-0.39, 0.29) is 29.9 Å². The van der Waals surface area contributed by atoms with Crippen LogP contribution in [0.2, 0.25) is 0 Å². The lowest BCUT2D eigenvalue weighted by molar-refractivity contribution is -0.117. The Labute approximate surface area is 163 Å². The highest BCUT2D eigenvalue weighted by molar-refractivity contribution is 6.01. The summed E-state index contributed by atoms with van der Waals surface area (Å²) in [6.07, 6.45) is 3.16. The zero-order valence-corrected chi connectivity index (χ0v) is 15.9. The molecule has 2 fully saturated rings. The van der Waals surface area contributed by atoms with Gasteiger partial charge in [0.1, 0.15) is 12.4 Å². The van der Waals surface area contributed by atoms with Crippen molar-refractivity contribution in [2.45, 2.75) is 32.7 Å². The first-order valence-corrected chi connectivity index (χ1v) is 9.16. The minimum atomic E-state index is -0.362. The van der Waals surface area contributed by atoms with Crippen LogP contribution in [-0.4, -0.2) is 29.6 Å². The van der Waals surface area contributed by atoms with Crippen molar-refractivity contribution in [2.75, 3.05) is 22.6 Å². The molecule has 2 amide bonds. The first-order valence-electron chi connectivity index (χ1n) is 9.16. The number of hydrogen-bond donors (Lipinski definition) is 2. The summed E-state index contributed by atoms with van der Waals surface area (Å²) in [7, 11) is 0. The normalized spacial score (nSPS) is 18.5. The third kappa shape index (κ3) is 3.69. The highest BCUT2D eigenvalue weighted by Crippen LogP contribution is 2.34. The number of nitrogen functional groups attached to an aromatic ring is 1. The van der Waals surface area contributed by atoms with Crippen LogP contribution in [0.25, 0.3) is 10.8 Å². The van der Waals surface area contributed by atoms with E-state index >= 15 is 0 Å². The number of benzene rings is 1. The molecule has 1 aromatic carbocycles. The summed E-state index contributed by atoms with van der Waals surface area (Å²) in [5.74, 6) is 0.860. The molecule has 146 valence electrons. The van der Waals surface area contributed by atoms with Crippen LogP contribution in [0.15, 0.2) is 24.4 Å². The number of carbonyl (C=O) groups is 2. The minimum Gasteiger partial charge on any atom is -0.447 e. The van der Waals surface area contributed by atoms with Crippen LogP contribution in [0, 0.1) is 23.7 Å². The molecule has 1 aliphatic carbocycles. The fourth-order valence-electron chi connectivity index (χ4n) is 3.27. The van der Waals surface area contributed by atoms with Crippen LogP contribution < -0.4 is 16.0 Å². The molecule has 8 nitrogen and oxygen atoms in total. The molecule has 1 aliphatic heterocycles. The number of anilines is 3. The average molecular weight is 381 g/mol. The SMILES string of the molecule is C#N.CC(C)C1COC(=O)N1c1cc(N)c2cnc(NC(=O)C3CC3)cc2c1. The smallest absolute Gasteiger partial charge is 0.414 e. The predicted octanol–water partition coefficient (Wildman–Crippen LogP) is 3.29. The summed E-state index contributed by atoms with van der Waals surface area (Å²) >= 11 is 0. The Morgan fingerprint density at radius 3 is 2.71 bits per heavy atom. The average Bonchev–Trinajstić information content (AvgIpc) is 3.45. The van der Waals surface area contributed by atoms with Gasteiger partial charge >= 0.3 is 6.09 Å². The molecule has 1 aromatic heterocycles. The standard InChI is InChI=1S/C19H22N4O3.CHN/c1-10(2)16-9-26-19(25)23(16)13-5-12-6-17(22-18(24)11-3-4-11)21-8-14(12)15(20)7-13;1-2/h5-8,10-11,16H,3-4,9,20H2,1-2H3,(H,21,22,24);1H. The lowest BCUT2D eigenvalue weighted by Crippen LogP contribution is -2.37. The first kappa shape index (κ1) is 19.4. The molecular formula is C20H23N5O3. The number of cyclic esters (lactones) is 1. The molecule has 1 saturated carbocycles. The topological polar surface area (TPSA) is 121 Å². The van der Waals surface area contributed by atoms with Crippen molar-refractivity contribution < 1.29 is 14.3 Å². The maximum Gasteiger partial charge on any atom is 0.414 e. The van der Waals surface area contributed by atoms with Crippen molar-refractivity contribution in [3.8, 4) is 6.57 Å². The Bertz CT molecular complexity index is 936. The number of ether oxygens (including phenoxy) is 1. The van der Waals surface area contributed by atoms with Gasteiger partial charge in [-0.05, 0) is 42.3 Å². The molecule has 1 atom stereocenters. The Morgan fingerprint density at radius 1 is 1.36 bits per heavy atom. The summed E-state index contributed by atoms with van der Waals surface area (Å²) in [5.41, 5.74) is 7.43. The van der Waals surface area contributed by atoms with Crippen LogP contribution in [0.5, 0.6) is 0 Å². The number of hydrogen-bond acceptors (Lipinski definition) is 6. The van der Waals surface area contributed by atoms with Gasteiger partial charge in [-0.1, -0.05) is 13.8 Å². The number of fused-ring (bicyclic) bond motifs is 1. The van der Waals surface area contributed by atoms with Crippen LogP contribution in [0.3, 0.4) is 0 Å². The van der Waals surface area contributed by atoms with Gasteiger partial charge in [-0.15, -0.1) is 0 Å². The number of pyridine rings is 1. The second kappa shape index (κ2) is 7.72. The molecule has 2 aromatic rings. The maximum atomic E-state index is 12.2. The van der Waals surface area contributed by atoms with Crippen molar-refractivity contribution in [1.82, 2.24) is 4.98 Å². The van der Waals surface area contributed by atoms with Crippen LogP contribution >= 0.6 is 0 Å². The fraction of sp³-hybridized carbons (Fsp3) is 0.400. The van der Waals surface area contributed by atoms with Gasteiger partial charge in [0.15, 0.2) is 0 Å². The molecule has 3 N–H and O–H groups in total. The van der Waals surface area contributed by atoms with E-state index in [0.717, 1.165) is 23.6 Å². The highest BCUT2D eigenvalue weighted by atomic mass is 16.6. The lowest BCUT2D eigenvalue weighted by Gasteiger charge is -2.25. The van der Waals surface area contributed by atoms with Gasteiger partial charge in [-0.3, -0.25) is 9.69 Å². The molecule has 2 aliphatic rings. The molecule has 0 radical (unpaired) electrons. The lowest BCUT2D eigenvalue weighted by atomic mass is 10.0. The third-order valence-electron chi connectivity index (χ3n) is 5.01. The van der Waals surface area contributed by atoms with Crippen molar-refractivity contribution in [3.05, 3.63) is 24.4 Å². The van der Waals surface area contributed by atoms with E-state index < -0.39 is 0 Å². The monoisotopic (exact) mass is 381 g/mol. The molecule has 0 spiro atoms. The van der Waals surface area contributed by atoms with Crippen LogP contribution in [-0.2, 0) is 9.53 Å². The van der Waals surface area contributed by atoms with Gasteiger partial charge in [-0.2, -0.15) is 0 Å². The van der Waals surface area contributed by atoms with Gasteiger partial charge in [0.05, 0.1) is 11.7 Å². The van der Waals surface area contributed by atoms with Crippen molar-refractivity contribution in [3.63, 3.8) is 0 Å². The molecular weight excluding hydrogens is 358 g/mol. The number of aromatic nitrogens is 1. The van der Waals surface area contributed by atoms with Crippen LogP contribution in [0.4, 0.5) is 22.0 Å². The molecule has 4 rings (SSSR count). The predicted molar refractivity (Wildman–Crippen MR) is 107 cm³/mol. The molecule has 1 saturated heterocycles. The molecule has 2 heterocycles. The van der Waals surface area contributed by atoms with E-state index in [0.29, 0.717) is 23.8 Å². The number of nitriles is 1. The van der Waals surface area contributed by atoms with E-state index in [4.69, 9.17) is 15.7 Å². The Hall–Kier alpha value is -3.34. The van der Waals surface area contributed by atoms with Gasteiger partial charge in [0.25, 0.3) is 0 Å². The quantitative estimate of drug-likeness (QED) is 0.784. The zero-order valence-electron chi connectivity index (χ0n) is 15.9. The summed E-state index contributed by atoms with van der Waals surface area (Å²) in [6.45, 7) is 7.98. The zero-order chi connectivity index (χ0) is 20.4. The van der Waals surface area contributed by atoms with E-state index in [1.165, 1.54) is 0 Å². The summed E-state index contributed by atoms with van der Waals surface area (Å²) in [6, 6.07) is 5.42. The van der Waals surface area contributed by atoms with Gasteiger partial charge in [-0.25, -0.2) is 15.0 Å². The minimum absolute atomic E-state index is 0.00368. The molecule has 1 unspecified atom stereocenters. The van der Waals surface area contributed by atoms with Gasteiger partial charge in [0, 0.05) is 29.8 Å². The maximum absolute atomic E-state index is 12.2. The molecule has 28 heavy (non-hydrogen) atoms. The summed E-state index contributed by atoms with van der Waals surface area (Å²) in [4.78, 5) is 30.1. The summed E-state index contributed by atoms with van der Waals surface area (Å²) < 4.78 is 5.23. The number of rotatable bonds is 4. The Kier molecular flexibility index (Phi) is 5.36. The van der Waals surface area contributed by atoms with Crippen LogP contribution in [0.1, 0.15) is 26.7 Å². The third-order valence-corrected chi connectivity index (χ3v) is 5.01. The van der Waals surface area contributed by atoms with Crippen molar-refractivity contribution >= 4 is 40.0 Å². The van der Waals surface area contributed by atoms with Gasteiger partial charge in [0.2, 0.25) is 5.91 Å². The second-order valence-corrected chi connectivity index (χ2v) is 7.35. The second-order valence-electron chi connectivity index (χ2n) is 7.35. The number of amides is 2. The summed E-state index contributed by atoms with van der Waals surface area (Å²) in [5, 5.41) is 11.0. The van der Waals surface area contributed by atoms with E-state index in [2.05, 4.69) is 30.7 Å². The number of nitrogens with one attached hydrogen (secondary N) is 1. The fourth-order valence-corrected chi connectivity index (χ4v) is 3.27. The van der Waals surface area contributed by atoms with Crippen molar-refractivity contribution in [1.29, 1.82) is 5.26 Å². The molecule has 8 heteroatoms. The number of nitrogens with two attached hydrogens (primary N) is 1. The Balaban J connectivity index is 0.00000109. The van der Waals surface area contributed by atoms with E-state index in [1.54, 1.807) is 23.2 Å². The van der Waals surface area contributed by atoms with Crippen molar-refractivity contribution in [2.24, 2.45) is 11.8 Å².